The second-order valence-electron chi connectivity index (χ2n) is 3.96. The highest BCUT2D eigenvalue weighted by Gasteiger charge is 2.06. The van der Waals surface area contributed by atoms with Crippen molar-refractivity contribution >= 4 is 23.6 Å². The molecule has 0 radical (unpaired) electrons. The number of aldehydes is 1. The molecule has 0 amide bonds. The maximum atomic E-state index is 10.6. The molecule has 16 heavy (non-hydrogen) atoms. The lowest BCUT2D eigenvalue weighted by Crippen LogP contribution is -2.18. The zero-order valence-electron chi connectivity index (χ0n) is 9.87. The van der Waals surface area contributed by atoms with Crippen LogP contribution in [0, 0.1) is 0 Å². The van der Waals surface area contributed by atoms with Crippen LogP contribution in [0.1, 0.15) is 36.5 Å². The van der Waals surface area contributed by atoms with Gasteiger partial charge in [0.25, 0.3) is 0 Å². The van der Waals surface area contributed by atoms with E-state index < -0.39 is 0 Å². The summed E-state index contributed by atoms with van der Waals surface area (Å²) in [6.07, 6.45) is 4.42. The van der Waals surface area contributed by atoms with Gasteiger partial charge in [0, 0.05) is 19.2 Å². The molecule has 0 saturated heterocycles. The molecule has 0 aliphatic rings. The van der Waals surface area contributed by atoms with Crippen LogP contribution in [0.2, 0.25) is 5.02 Å². The lowest BCUT2D eigenvalue weighted by Gasteiger charge is -2.20. The number of halogens is 1. The van der Waals surface area contributed by atoms with Crippen LogP contribution in [-0.4, -0.2) is 19.9 Å². The Morgan fingerprint density at radius 3 is 2.69 bits per heavy atom. The normalized spacial score (nSPS) is 10.2. The van der Waals surface area contributed by atoms with Gasteiger partial charge in [0.05, 0.1) is 10.7 Å². The summed E-state index contributed by atoms with van der Waals surface area (Å²) in [5, 5.41) is 0.642. The Labute approximate surface area is 102 Å². The number of benzene rings is 1. The van der Waals surface area contributed by atoms with Crippen LogP contribution in [0.5, 0.6) is 0 Å². The van der Waals surface area contributed by atoms with Crippen LogP contribution in [0.15, 0.2) is 18.2 Å². The van der Waals surface area contributed by atoms with Crippen LogP contribution >= 0.6 is 11.6 Å². The molecule has 0 atom stereocenters. The van der Waals surface area contributed by atoms with E-state index in [0.717, 1.165) is 18.5 Å². The summed E-state index contributed by atoms with van der Waals surface area (Å²) >= 11 is 6.12. The SMILES string of the molecule is CCCCCN(C)c1ccc(C=O)cc1Cl. The van der Waals surface area contributed by atoms with Crippen molar-refractivity contribution in [3.63, 3.8) is 0 Å². The zero-order chi connectivity index (χ0) is 12.0. The Kier molecular flexibility index (Phi) is 5.33. The Bertz CT molecular complexity index is 352. The molecule has 0 heterocycles. The first-order valence-electron chi connectivity index (χ1n) is 5.65. The molecule has 0 N–H and O–H groups in total. The Balaban J connectivity index is 2.68. The van der Waals surface area contributed by atoms with E-state index >= 15 is 0 Å². The maximum absolute atomic E-state index is 10.6. The van der Waals surface area contributed by atoms with Gasteiger partial charge in [-0.2, -0.15) is 0 Å². The average molecular weight is 240 g/mol. The van der Waals surface area contributed by atoms with E-state index in [1.807, 2.05) is 13.1 Å². The fraction of sp³-hybridized carbons (Fsp3) is 0.462. The van der Waals surface area contributed by atoms with Crippen LogP contribution in [0.3, 0.4) is 0 Å². The molecular weight excluding hydrogens is 222 g/mol. The first-order valence-corrected chi connectivity index (χ1v) is 6.02. The van der Waals surface area contributed by atoms with Crippen molar-refractivity contribution in [2.24, 2.45) is 0 Å². The maximum Gasteiger partial charge on any atom is 0.150 e. The number of nitrogens with zero attached hydrogens (tertiary/aromatic N) is 1. The summed E-state index contributed by atoms with van der Waals surface area (Å²) in [5.74, 6) is 0. The van der Waals surface area contributed by atoms with Gasteiger partial charge in [0.15, 0.2) is 0 Å². The van der Waals surface area contributed by atoms with Crippen LogP contribution < -0.4 is 4.90 Å². The summed E-state index contributed by atoms with van der Waals surface area (Å²) < 4.78 is 0. The van der Waals surface area contributed by atoms with Gasteiger partial charge in [-0.1, -0.05) is 31.4 Å². The lowest BCUT2D eigenvalue weighted by molar-refractivity contribution is 0.112. The number of hydrogen-bond acceptors (Lipinski definition) is 2. The number of hydrogen-bond donors (Lipinski definition) is 0. The molecule has 0 aromatic heterocycles. The molecule has 0 fully saturated rings. The Hall–Kier alpha value is -1.02. The summed E-state index contributed by atoms with van der Waals surface area (Å²) in [4.78, 5) is 12.7. The summed E-state index contributed by atoms with van der Waals surface area (Å²) in [5.41, 5.74) is 1.61. The van der Waals surface area contributed by atoms with Crippen LogP contribution in [0.25, 0.3) is 0 Å². The van der Waals surface area contributed by atoms with E-state index in [1.54, 1.807) is 12.1 Å². The number of carbonyl (C=O) groups is 1. The van der Waals surface area contributed by atoms with Gasteiger partial charge < -0.3 is 4.90 Å². The summed E-state index contributed by atoms with van der Waals surface area (Å²) in [7, 11) is 2.03. The zero-order valence-corrected chi connectivity index (χ0v) is 10.6. The van der Waals surface area contributed by atoms with Gasteiger partial charge >= 0.3 is 0 Å². The highest BCUT2D eigenvalue weighted by molar-refractivity contribution is 6.33. The van der Waals surface area contributed by atoms with Gasteiger partial charge in [-0.15, -0.1) is 0 Å². The second-order valence-corrected chi connectivity index (χ2v) is 4.36. The Morgan fingerprint density at radius 1 is 1.38 bits per heavy atom. The molecule has 0 saturated carbocycles. The van der Waals surface area contributed by atoms with Crippen LogP contribution in [-0.2, 0) is 0 Å². The van der Waals surface area contributed by atoms with E-state index in [4.69, 9.17) is 11.6 Å². The smallest absolute Gasteiger partial charge is 0.150 e. The first-order chi connectivity index (χ1) is 7.69. The number of rotatable bonds is 6. The molecule has 0 aliphatic carbocycles. The molecule has 1 rings (SSSR count). The van der Waals surface area contributed by atoms with E-state index in [2.05, 4.69) is 11.8 Å². The number of carbonyl (C=O) groups excluding carboxylic acids is 1. The van der Waals surface area contributed by atoms with Crippen molar-refractivity contribution < 1.29 is 4.79 Å². The van der Waals surface area contributed by atoms with Crippen molar-refractivity contribution in [1.82, 2.24) is 0 Å². The largest absolute Gasteiger partial charge is 0.373 e. The summed E-state index contributed by atoms with van der Waals surface area (Å²) in [6.45, 7) is 3.18. The minimum atomic E-state index is 0.621. The quantitative estimate of drug-likeness (QED) is 0.556. The molecule has 3 heteroatoms. The van der Waals surface area contributed by atoms with Crippen molar-refractivity contribution in [3.05, 3.63) is 28.8 Å². The molecule has 1 aromatic rings. The second kappa shape index (κ2) is 6.54. The molecular formula is C13H18ClNO. The van der Waals surface area contributed by atoms with Crippen molar-refractivity contribution in [1.29, 1.82) is 0 Å². The number of unbranched alkanes of at least 4 members (excludes halogenated alkanes) is 2. The molecule has 0 aliphatic heterocycles. The molecule has 0 unspecified atom stereocenters. The third kappa shape index (κ3) is 3.53. The molecule has 0 spiro atoms. The van der Waals surface area contributed by atoms with Crippen molar-refractivity contribution in [2.75, 3.05) is 18.5 Å². The minimum absolute atomic E-state index is 0.621. The topological polar surface area (TPSA) is 20.3 Å². The molecule has 0 bridgehead atoms. The number of anilines is 1. The van der Waals surface area contributed by atoms with Crippen LogP contribution in [0.4, 0.5) is 5.69 Å². The third-order valence-corrected chi connectivity index (χ3v) is 2.92. The fourth-order valence-electron chi connectivity index (χ4n) is 1.63. The lowest BCUT2D eigenvalue weighted by atomic mass is 10.2. The average Bonchev–Trinajstić information content (AvgIpc) is 2.29. The predicted octanol–water partition coefficient (Wildman–Crippen LogP) is 3.78. The van der Waals surface area contributed by atoms with E-state index in [1.165, 1.54) is 19.3 Å². The first kappa shape index (κ1) is 13.0. The Morgan fingerprint density at radius 2 is 2.12 bits per heavy atom. The van der Waals surface area contributed by atoms with Gasteiger partial charge in [-0.3, -0.25) is 4.79 Å². The highest BCUT2D eigenvalue weighted by atomic mass is 35.5. The third-order valence-electron chi connectivity index (χ3n) is 2.62. The van der Waals surface area contributed by atoms with Crippen molar-refractivity contribution in [3.8, 4) is 0 Å². The molecule has 1 aromatic carbocycles. The van der Waals surface area contributed by atoms with Gasteiger partial charge in [0.1, 0.15) is 6.29 Å². The summed E-state index contributed by atoms with van der Waals surface area (Å²) in [6, 6.07) is 5.41. The van der Waals surface area contributed by atoms with E-state index in [0.29, 0.717) is 10.6 Å². The minimum Gasteiger partial charge on any atom is -0.373 e. The fourth-order valence-corrected chi connectivity index (χ4v) is 1.96. The highest BCUT2D eigenvalue weighted by Crippen LogP contribution is 2.25. The van der Waals surface area contributed by atoms with Gasteiger partial charge in [0.2, 0.25) is 0 Å². The van der Waals surface area contributed by atoms with Gasteiger partial charge in [-0.25, -0.2) is 0 Å². The molecule has 2 nitrogen and oxygen atoms in total. The van der Waals surface area contributed by atoms with E-state index in [-0.39, 0.29) is 0 Å². The van der Waals surface area contributed by atoms with Gasteiger partial charge in [-0.05, 0) is 24.6 Å². The van der Waals surface area contributed by atoms with Crippen molar-refractivity contribution in [2.45, 2.75) is 26.2 Å². The monoisotopic (exact) mass is 239 g/mol. The molecule has 88 valence electrons. The van der Waals surface area contributed by atoms with E-state index in [9.17, 15) is 4.79 Å². The predicted molar refractivity (Wildman–Crippen MR) is 69.6 cm³/mol. The standard InChI is InChI=1S/C13H18ClNO/c1-3-4-5-8-15(2)13-7-6-11(10-16)9-12(13)14/h6-7,9-10H,3-5,8H2,1-2H3.